The van der Waals surface area contributed by atoms with Gasteiger partial charge in [0.15, 0.2) is 0 Å². The van der Waals surface area contributed by atoms with E-state index in [0.717, 1.165) is 54.6 Å². The Morgan fingerprint density at radius 2 is 1.94 bits per heavy atom. The topological polar surface area (TPSA) is 82.6 Å². The summed E-state index contributed by atoms with van der Waals surface area (Å²) in [5.41, 5.74) is 8.10. The smallest absolute Gasteiger partial charge is 0.222 e. The summed E-state index contributed by atoms with van der Waals surface area (Å²) in [6, 6.07) is 15.7. The molecular formula is C27H36N4O3. The zero-order valence-electron chi connectivity index (χ0n) is 20.4. The summed E-state index contributed by atoms with van der Waals surface area (Å²) in [6.07, 6.45) is 6.46. The highest BCUT2D eigenvalue weighted by molar-refractivity contribution is 5.80. The van der Waals surface area contributed by atoms with E-state index in [1.807, 2.05) is 60.5 Å². The number of hydrogen-bond donors (Lipinski definition) is 1. The molecule has 1 saturated carbocycles. The highest BCUT2D eigenvalue weighted by atomic mass is 16.5. The number of fused-ring (bicyclic) bond motifs is 1. The Balaban J connectivity index is 1.49. The molecule has 4 rings (SSSR count). The fourth-order valence-electron chi connectivity index (χ4n) is 5.13. The summed E-state index contributed by atoms with van der Waals surface area (Å²) in [4.78, 5) is 19.6. The lowest BCUT2D eigenvalue weighted by molar-refractivity contribution is -0.136. The average Bonchev–Trinajstić information content (AvgIpc) is 3.19. The molecule has 1 unspecified atom stereocenters. The van der Waals surface area contributed by atoms with Gasteiger partial charge < -0.3 is 24.7 Å². The Kier molecular flexibility index (Phi) is 7.73. The standard InChI is InChI=1S/C27H36N4O3/c1-4-19(14-17-26(32)30(2)23-12-8-9-13-25(23)33-3)31-24-18-21(15-16-22(24)29-27(31)28)34-20-10-6-5-7-11-20/h5-7,10-11,15-16,18-19,23,25H,4,8-9,12-14,17H2,1-3H3,(H2,28,29)/t19-,23-,25?/m1/s1. The van der Waals surface area contributed by atoms with E-state index in [-0.39, 0.29) is 24.1 Å². The molecular weight excluding hydrogens is 428 g/mol. The van der Waals surface area contributed by atoms with Crippen LogP contribution in [-0.4, -0.2) is 46.7 Å². The molecule has 3 aromatic rings. The molecule has 7 heteroatoms. The Hall–Kier alpha value is -3.06. The normalized spacial score (nSPS) is 19.1. The highest BCUT2D eigenvalue weighted by Gasteiger charge is 2.31. The van der Waals surface area contributed by atoms with Gasteiger partial charge in [0, 0.05) is 32.7 Å². The van der Waals surface area contributed by atoms with E-state index in [1.165, 1.54) is 0 Å². The van der Waals surface area contributed by atoms with E-state index in [2.05, 4.69) is 16.5 Å². The average molecular weight is 465 g/mol. The maximum atomic E-state index is 13.1. The number of nitrogen functional groups attached to an aromatic ring is 1. The third-order valence-corrected chi connectivity index (χ3v) is 7.06. The molecule has 3 atom stereocenters. The van der Waals surface area contributed by atoms with Crippen molar-refractivity contribution in [2.45, 2.75) is 70.1 Å². The van der Waals surface area contributed by atoms with Crippen LogP contribution in [0, 0.1) is 0 Å². The van der Waals surface area contributed by atoms with Gasteiger partial charge in [0.05, 0.1) is 23.2 Å². The molecule has 7 nitrogen and oxygen atoms in total. The minimum absolute atomic E-state index is 0.0684. The molecule has 1 amide bonds. The highest BCUT2D eigenvalue weighted by Crippen LogP contribution is 2.32. The Morgan fingerprint density at radius 3 is 2.68 bits per heavy atom. The number of para-hydroxylation sites is 1. The summed E-state index contributed by atoms with van der Waals surface area (Å²) in [6.45, 7) is 2.12. The van der Waals surface area contributed by atoms with Crippen LogP contribution in [0.2, 0.25) is 0 Å². The van der Waals surface area contributed by atoms with Gasteiger partial charge >= 0.3 is 0 Å². The molecule has 0 saturated heterocycles. The molecule has 1 aromatic heterocycles. The molecule has 1 aliphatic carbocycles. The van der Waals surface area contributed by atoms with Crippen molar-refractivity contribution in [1.82, 2.24) is 14.5 Å². The van der Waals surface area contributed by atoms with E-state index in [1.54, 1.807) is 7.11 Å². The van der Waals surface area contributed by atoms with Crippen LogP contribution < -0.4 is 10.5 Å². The number of likely N-dealkylation sites (N-methyl/N-ethyl adjacent to an activating group) is 1. The van der Waals surface area contributed by atoms with Crippen LogP contribution in [0.4, 0.5) is 5.95 Å². The fourth-order valence-corrected chi connectivity index (χ4v) is 5.13. The van der Waals surface area contributed by atoms with Crippen molar-refractivity contribution in [3.8, 4) is 11.5 Å². The number of amides is 1. The van der Waals surface area contributed by atoms with Gasteiger partial charge in [-0.1, -0.05) is 38.0 Å². The predicted molar refractivity (Wildman–Crippen MR) is 135 cm³/mol. The number of methoxy groups -OCH3 is 1. The molecule has 34 heavy (non-hydrogen) atoms. The van der Waals surface area contributed by atoms with Crippen LogP contribution >= 0.6 is 0 Å². The zero-order valence-corrected chi connectivity index (χ0v) is 20.4. The van der Waals surface area contributed by atoms with Crippen molar-refractivity contribution >= 4 is 22.9 Å². The molecule has 1 fully saturated rings. The SMILES string of the molecule is CC[C@H](CCC(=O)N(C)[C@@H]1CCCCC1OC)n1c(N)nc2ccc(Oc3ccccc3)cc21. The van der Waals surface area contributed by atoms with Crippen LogP contribution in [-0.2, 0) is 9.53 Å². The van der Waals surface area contributed by atoms with E-state index in [0.29, 0.717) is 18.8 Å². The van der Waals surface area contributed by atoms with Crippen molar-refractivity contribution in [3.05, 3.63) is 48.5 Å². The first-order valence-electron chi connectivity index (χ1n) is 12.3. The number of aromatic nitrogens is 2. The van der Waals surface area contributed by atoms with E-state index >= 15 is 0 Å². The third-order valence-electron chi connectivity index (χ3n) is 7.06. The number of rotatable bonds is 9. The lowest BCUT2D eigenvalue weighted by Crippen LogP contribution is -2.47. The summed E-state index contributed by atoms with van der Waals surface area (Å²) in [7, 11) is 3.66. The van der Waals surface area contributed by atoms with Gasteiger partial charge in [0.25, 0.3) is 0 Å². The van der Waals surface area contributed by atoms with Gasteiger partial charge in [-0.25, -0.2) is 4.98 Å². The van der Waals surface area contributed by atoms with Crippen molar-refractivity contribution in [2.24, 2.45) is 0 Å². The molecule has 0 radical (unpaired) electrons. The first kappa shape index (κ1) is 24.1. The second-order valence-corrected chi connectivity index (χ2v) is 9.14. The molecule has 1 heterocycles. The van der Waals surface area contributed by atoms with Crippen LogP contribution in [0.3, 0.4) is 0 Å². The number of hydrogen-bond acceptors (Lipinski definition) is 5. The summed E-state index contributed by atoms with van der Waals surface area (Å²) in [5.74, 6) is 2.13. The van der Waals surface area contributed by atoms with Gasteiger partial charge in [-0.05, 0) is 49.9 Å². The van der Waals surface area contributed by atoms with Crippen LogP contribution in [0.15, 0.2) is 48.5 Å². The predicted octanol–water partition coefficient (Wildman–Crippen LogP) is 5.56. The largest absolute Gasteiger partial charge is 0.457 e. The Bertz CT molecular complexity index is 1100. The lowest BCUT2D eigenvalue weighted by Gasteiger charge is -2.37. The van der Waals surface area contributed by atoms with Gasteiger partial charge in [0.2, 0.25) is 11.9 Å². The zero-order chi connectivity index (χ0) is 24.1. The number of imidazole rings is 1. The van der Waals surface area contributed by atoms with Crippen molar-refractivity contribution < 1.29 is 14.3 Å². The number of nitrogens with zero attached hydrogens (tertiary/aromatic N) is 3. The van der Waals surface area contributed by atoms with Gasteiger partial charge in [-0.2, -0.15) is 0 Å². The number of ether oxygens (including phenoxy) is 2. The first-order valence-corrected chi connectivity index (χ1v) is 12.3. The number of carbonyl (C=O) groups is 1. The molecule has 2 N–H and O–H groups in total. The van der Waals surface area contributed by atoms with Crippen LogP contribution in [0.5, 0.6) is 11.5 Å². The first-order chi connectivity index (χ1) is 16.5. The molecule has 0 bridgehead atoms. The summed E-state index contributed by atoms with van der Waals surface area (Å²) < 4.78 is 13.7. The molecule has 0 aliphatic heterocycles. The lowest BCUT2D eigenvalue weighted by atomic mass is 9.91. The summed E-state index contributed by atoms with van der Waals surface area (Å²) in [5, 5.41) is 0. The molecule has 2 aromatic carbocycles. The summed E-state index contributed by atoms with van der Waals surface area (Å²) >= 11 is 0. The third kappa shape index (κ3) is 5.20. The van der Waals surface area contributed by atoms with E-state index < -0.39 is 0 Å². The van der Waals surface area contributed by atoms with Crippen molar-refractivity contribution in [3.63, 3.8) is 0 Å². The van der Waals surface area contributed by atoms with Crippen molar-refractivity contribution in [2.75, 3.05) is 19.9 Å². The quantitative estimate of drug-likeness (QED) is 0.448. The van der Waals surface area contributed by atoms with E-state index in [9.17, 15) is 4.79 Å². The molecule has 1 aliphatic rings. The number of nitrogens with two attached hydrogens (primary N) is 1. The van der Waals surface area contributed by atoms with Crippen LogP contribution in [0.25, 0.3) is 11.0 Å². The van der Waals surface area contributed by atoms with E-state index in [4.69, 9.17) is 15.2 Å². The van der Waals surface area contributed by atoms with Gasteiger partial charge in [0.1, 0.15) is 11.5 Å². The number of anilines is 1. The van der Waals surface area contributed by atoms with Crippen molar-refractivity contribution in [1.29, 1.82) is 0 Å². The number of benzene rings is 2. The monoisotopic (exact) mass is 464 g/mol. The fraction of sp³-hybridized carbons (Fsp3) is 0.481. The van der Waals surface area contributed by atoms with Crippen LogP contribution in [0.1, 0.15) is 57.9 Å². The minimum atomic E-state index is 0.0684. The number of carbonyl (C=O) groups excluding carboxylic acids is 1. The second kappa shape index (κ2) is 10.9. The minimum Gasteiger partial charge on any atom is -0.457 e. The Labute approximate surface area is 201 Å². The molecule has 182 valence electrons. The van der Waals surface area contributed by atoms with Gasteiger partial charge in [-0.3, -0.25) is 4.79 Å². The maximum Gasteiger partial charge on any atom is 0.222 e. The second-order valence-electron chi connectivity index (χ2n) is 9.14. The molecule has 0 spiro atoms. The Morgan fingerprint density at radius 1 is 1.18 bits per heavy atom. The maximum absolute atomic E-state index is 13.1. The van der Waals surface area contributed by atoms with Gasteiger partial charge in [-0.15, -0.1) is 0 Å².